The standard InChI is InChI=1S/C17H16/c1-13-7-8-15(11-13)17-10-9-16(12-17)14-5-3-2-4-6-14/h2-10H,11-12H2,1H3. The van der Waals surface area contributed by atoms with Crippen molar-refractivity contribution in [2.75, 3.05) is 0 Å². The first-order valence-corrected chi connectivity index (χ1v) is 6.15. The van der Waals surface area contributed by atoms with E-state index in [-0.39, 0.29) is 0 Å². The van der Waals surface area contributed by atoms with E-state index >= 15 is 0 Å². The van der Waals surface area contributed by atoms with Crippen molar-refractivity contribution >= 4 is 5.57 Å². The highest BCUT2D eigenvalue weighted by atomic mass is 14.2. The molecule has 17 heavy (non-hydrogen) atoms. The molecule has 0 spiro atoms. The van der Waals surface area contributed by atoms with Crippen LogP contribution in [-0.2, 0) is 0 Å². The van der Waals surface area contributed by atoms with Crippen molar-refractivity contribution in [1.82, 2.24) is 0 Å². The van der Waals surface area contributed by atoms with E-state index in [2.05, 4.69) is 61.6 Å². The van der Waals surface area contributed by atoms with Crippen LogP contribution in [0.1, 0.15) is 25.3 Å². The molecule has 0 saturated carbocycles. The van der Waals surface area contributed by atoms with E-state index in [0.717, 1.165) is 12.8 Å². The maximum absolute atomic E-state index is 2.28. The van der Waals surface area contributed by atoms with Gasteiger partial charge in [0.25, 0.3) is 0 Å². The third-order valence-corrected chi connectivity index (χ3v) is 3.46. The highest BCUT2D eigenvalue weighted by Crippen LogP contribution is 2.35. The average molecular weight is 220 g/mol. The normalized spacial score (nSPS) is 18.6. The molecule has 0 unspecified atom stereocenters. The van der Waals surface area contributed by atoms with Crippen LogP contribution in [0.25, 0.3) is 5.57 Å². The summed E-state index contributed by atoms with van der Waals surface area (Å²) < 4.78 is 0. The Bertz CT molecular complexity index is 551. The molecule has 84 valence electrons. The average Bonchev–Trinajstić information content (AvgIpc) is 2.98. The van der Waals surface area contributed by atoms with Gasteiger partial charge in [0.05, 0.1) is 0 Å². The van der Waals surface area contributed by atoms with Gasteiger partial charge in [-0.1, -0.05) is 60.2 Å². The van der Waals surface area contributed by atoms with Crippen LogP contribution >= 0.6 is 0 Å². The molecule has 0 heterocycles. The van der Waals surface area contributed by atoms with E-state index in [9.17, 15) is 0 Å². The van der Waals surface area contributed by atoms with Gasteiger partial charge in [0.15, 0.2) is 0 Å². The van der Waals surface area contributed by atoms with Gasteiger partial charge in [-0.05, 0) is 42.0 Å². The Hall–Kier alpha value is -1.82. The summed E-state index contributed by atoms with van der Waals surface area (Å²) in [5, 5.41) is 0. The van der Waals surface area contributed by atoms with E-state index in [4.69, 9.17) is 0 Å². The summed E-state index contributed by atoms with van der Waals surface area (Å²) in [6, 6.07) is 10.7. The molecule has 0 N–H and O–H groups in total. The summed E-state index contributed by atoms with van der Waals surface area (Å²) >= 11 is 0. The second-order valence-electron chi connectivity index (χ2n) is 4.81. The minimum atomic E-state index is 1.08. The van der Waals surface area contributed by atoms with E-state index in [1.807, 2.05) is 0 Å². The van der Waals surface area contributed by atoms with Crippen LogP contribution in [-0.4, -0.2) is 0 Å². The maximum atomic E-state index is 2.28. The fourth-order valence-electron chi connectivity index (χ4n) is 2.48. The van der Waals surface area contributed by atoms with Crippen LogP contribution < -0.4 is 0 Å². The Balaban J connectivity index is 1.73. The van der Waals surface area contributed by atoms with E-state index in [1.165, 1.54) is 27.9 Å². The minimum absolute atomic E-state index is 1.08. The van der Waals surface area contributed by atoms with Gasteiger partial charge in [0.2, 0.25) is 0 Å². The van der Waals surface area contributed by atoms with Crippen LogP contribution in [0.2, 0.25) is 0 Å². The van der Waals surface area contributed by atoms with Gasteiger partial charge in [-0.2, -0.15) is 0 Å². The number of benzene rings is 1. The zero-order valence-electron chi connectivity index (χ0n) is 10.1. The van der Waals surface area contributed by atoms with Crippen LogP contribution in [0.4, 0.5) is 0 Å². The van der Waals surface area contributed by atoms with Crippen LogP contribution in [0.15, 0.2) is 71.4 Å². The Morgan fingerprint density at radius 1 is 0.706 bits per heavy atom. The predicted molar refractivity (Wildman–Crippen MR) is 73.6 cm³/mol. The van der Waals surface area contributed by atoms with Crippen molar-refractivity contribution in [3.8, 4) is 0 Å². The second kappa shape index (κ2) is 4.21. The van der Waals surface area contributed by atoms with Crippen molar-refractivity contribution in [2.45, 2.75) is 19.8 Å². The molecular formula is C17H16. The second-order valence-corrected chi connectivity index (χ2v) is 4.81. The molecule has 0 radical (unpaired) electrons. The summed E-state index contributed by atoms with van der Waals surface area (Å²) in [7, 11) is 0. The molecule has 1 aromatic carbocycles. The van der Waals surface area contributed by atoms with Crippen LogP contribution in [0.3, 0.4) is 0 Å². The lowest BCUT2D eigenvalue weighted by Gasteiger charge is -2.07. The molecular weight excluding hydrogens is 204 g/mol. The van der Waals surface area contributed by atoms with Gasteiger partial charge >= 0.3 is 0 Å². The summed E-state index contributed by atoms with van der Waals surface area (Å²) in [6.45, 7) is 2.20. The highest BCUT2D eigenvalue weighted by molar-refractivity contribution is 5.74. The van der Waals surface area contributed by atoms with Crippen molar-refractivity contribution in [3.63, 3.8) is 0 Å². The molecule has 0 fully saturated rings. The number of rotatable bonds is 2. The Labute approximate surface area is 103 Å². The van der Waals surface area contributed by atoms with Crippen LogP contribution in [0.5, 0.6) is 0 Å². The molecule has 0 aromatic heterocycles. The molecule has 1 aromatic rings. The van der Waals surface area contributed by atoms with E-state index in [0.29, 0.717) is 0 Å². The third-order valence-electron chi connectivity index (χ3n) is 3.46. The summed E-state index contributed by atoms with van der Waals surface area (Å²) in [6.07, 6.45) is 11.2. The molecule has 0 amide bonds. The zero-order chi connectivity index (χ0) is 11.7. The molecule has 2 aliphatic rings. The first-order chi connectivity index (χ1) is 8.33. The molecule has 3 rings (SSSR count). The molecule has 0 atom stereocenters. The summed E-state index contributed by atoms with van der Waals surface area (Å²) in [5.41, 5.74) is 7.23. The van der Waals surface area contributed by atoms with Crippen molar-refractivity contribution in [1.29, 1.82) is 0 Å². The lowest BCUT2D eigenvalue weighted by atomic mass is 9.97. The van der Waals surface area contributed by atoms with E-state index in [1.54, 1.807) is 0 Å². The molecule has 0 nitrogen and oxygen atoms in total. The molecule has 0 bridgehead atoms. The monoisotopic (exact) mass is 220 g/mol. The molecule has 0 aliphatic heterocycles. The van der Waals surface area contributed by atoms with Gasteiger partial charge in [-0.3, -0.25) is 0 Å². The number of hydrogen-bond donors (Lipinski definition) is 0. The largest absolute Gasteiger partial charge is 0.0689 e. The SMILES string of the molecule is CC1=CC=C(C2=CC=C(c3ccccc3)C2)C1. The number of hydrogen-bond acceptors (Lipinski definition) is 0. The third kappa shape index (κ3) is 2.03. The molecule has 0 heteroatoms. The first kappa shape index (κ1) is 10.3. The Morgan fingerprint density at radius 3 is 2.06 bits per heavy atom. The highest BCUT2D eigenvalue weighted by Gasteiger charge is 2.15. The van der Waals surface area contributed by atoms with Gasteiger partial charge in [-0.25, -0.2) is 0 Å². The smallest absolute Gasteiger partial charge is 0.00170 e. The quantitative estimate of drug-likeness (QED) is 0.679. The lowest BCUT2D eigenvalue weighted by molar-refractivity contribution is 1.12. The zero-order valence-corrected chi connectivity index (χ0v) is 10.1. The molecule has 0 saturated heterocycles. The van der Waals surface area contributed by atoms with Crippen molar-refractivity contribution < 1.29 is 0 Å². The van der Waals surface area contributed by atoms with E-state index < -0.39 is 0 Å². The van der Waals surface area contributed by atoms with Crippen LogP contribution in [0, 0.1) is 0 Å². The fourth-order valence-corrected chi connectivity index (χ4v) is 2.48. The summed E-state index contributed by atoms with van der Waals surface area (Å²) in [4.78, 5) is 0. The predicted octanol–water partition coefficient (Wildman–Crippen LogP) is 4.68. The Kier molecular flexibility index (Phi) is 2.56. The van der Waals surface area contributed by atoms with Crippen molar-refractivity contribution in [3.05, 3.63) is 76.9 Å². The molecule has 2 aliphatic carbocycles. The van der Waals surface area contributed by atoms with Gasteiger partial charge in [-0.15, -0.1) is 0 Å². The maximum Gasteiger partial charge on any atom is -0.00170 e. The van der Waals surface area contributed by atoms with Gasteiger partial charge in [0, 0.05) is 0 Å². The minimum Gasteiger partial charge on any atom is -0.0689 e. The van der Waals surface area contributed by atoms with Gasteiger partial charge < -0.3 is 0 Å². The topological polar surface area (TPSA) is 0 Å². The Morgan fingerprint density at radius 2 is 1.35 bits per heavy atom. The first-order valence-electron chi connectivity index (χ1n) is 6.15. The van der Waals surface area contributed by atoms with Gasteiger partial charge in [0.1, 0.15) is 0 Å². The fraction of sp³-hybridized carbons (Fsp3) is 0.176. The van der Waals surface area contributed by atoms with Crippen molar-refractivity contribution in [2.24, 2.45) is 0 Å². The number of allylic oxidation sites excluding steroid dienone is 8. The summed E-state index contributed by atoms with van der Waals surface area (Å²) in [5.74, 6) is 0. The lowest BCUT2D eigenvalue weighted by Crippen LogP contribution is -1.87.